The second-order valence-electron chi connectivity index (χ2n) is 15.1. The van der Waals surface area contributed by atoms with Crippen LogP contribution in [0.2, 0.25) is 0 Å². The van der Waals surface area contributed by atoms with Crippen molar-refractivity contribution in [2.45, 2.75) is 51.6 Å². The van der Waals surface area contributed by atoms with Gasteiger partial charge in [0.1, 0.15) is 0 Å². The molecule has 3 amide bonds. The summed E-state index contributed by atoms with van der Waals surface area (Å²) in [6.45, 7) is 4.93. The van der Waals surface area contributed by atoms with Crippen molar-refractivity contribution in [3.8, 4) is 23.7 Å². The van der Waals surface area contributed by atoms with Gasteiger partial charge < -0.3 is 43.5 Å². The molecule has 0 aromatic heterocycles. The van der Waals surface area contributed by atoms with Crippen LogP contribution in [0.1, 0.15) is 71.9 Å². The highest BCUT2D eigenvalue weighted by Crippen LogP contribution is 2.27. The summed E-state index contributed by atoms with van der Waals surface area (Å²) in [6, 6.07) is 31.0. The number of rotatable bonds is 26. The van der Waals surface area contributed by atoms with Gasteiger partial charge in [-0.3, -0.25) is 19.2 Å². The SMILES string of the molecule is O=C(CCOCCOCCOCCOCCOCCC(=O)OCCCC(=O)N1Cc2ccccc2C#Cc2ccccc21)NCCCC(=O)N1Cc2ccccc2C#Cc2ccccc21. The van der Waals surface area contributed by atoms with Crippen molar-refractivity contribution in [1.29, 1.82) is 0 Å². The first-order valence-corrected chi connectivity index (χ1v) is 22.3. The molecule has 65 heavy (non-hydrogen) atoms. The number of anilines is 2. The summed E-state index contributed by atoms with van der Waals surface area (Å²) < 4.78 is 32.9. The Morgan fingerprint density at radius 1 is 0.446 bits per heavy atom. The zero-order valence-corrected chi connectivity index (χ0v) is 36.9. The fourth-order valence-corrected chi connectivity index (χ4v) is 7.02. The molecule has 0 aliphatic carbocycles. The Morgan fingerprint density at radius 3 is 1.35 bits per heavy atom. The van der Waals surface area contributed by atoms with Crippen molar-refractivity contribution >= 4 is 35.1 Å². The van der Waals surface area contributed by atoms with E-state index in [0.29, 0.717) is 91.8 Å². The maximum Gasteiger partial charge on any atom is 0.308 e. The first-order valence-electron chi connectivity index (χ1n) is 22.3. The van der Waals surface area contributed by atoms with E-state index in [0.717, 1.165) is 44.8 Å². The molecule has 1 N–H and O–H groups in total. The second-order valence-corrected chi connectivity index (χ2v) is 15.1. The van der Waals surface area contributed by atoms with Crippen LogP contribution in [0.3, 0.4) is 0 Å². The maximum atomic E-state index is 13.3. The number of ether oxygens (including phenoxy) is 6. The molecule has 340 valence electrons. The predicted octanol–water partition coefficient (Wildman–Crippen LogP) is 5.96. The molecular formula is C52H57N3O10. The molecule has 0 saturated carbocycles. The van der Waals surface area contributed by atoms with Crippen LogP contribution in [-0.2, 0) is 60.7 Å². The molecule has 0 saturated heterocycles. The van der Waals surface area contributed by atoms with Crippen molar-refractivity contribution in [3.05, 3.63) is 130 Å². The standard InChI is InChI=1S/C52H57N3O10/c56-49(53-27-9-19-50(57)54-39-45-15-3-1-11-41(45)21-23-43-13-5-7-17-47(43)54)25-29-60-31-33-62-35-37-64-38-36-63-34-32-61-30-26-52(59)65-28-10-20-51(58)55-40-46-16-4-2-12-42(46)22-24-44-14-6-8-18-48(44)55/h1-8,11-18H,9-10,19-20,25-40H2,(H,53,56). The van der Waals surface area contributed by atoms with Crippen LogP contribution in [0.5, 0.6) is 0 Å². The highest BCUT2D eigenvalue weighted by atomic mass is 16.6. The minimum atomic E-state index is -0.378. The monoisotopic (exact) mass is 883 g/mol. The zero-order valence-electron chi connectivity index (χ0n) is 36.9. The van der Waals surface area contributed by atoms with Crippen LogP contribution in [0, 0.1) is 23.7 Å². The summed E-state index contributed by atoms with van der Waals surface area (Å²) in [6.07, 6.45) is 1.79. The number of amides is 3. The van der Waals surface area contributed by atoms with Crippen LogP contribution in [0.15, 0.2) is 97.1 Å². The Morgan fingerprint density at radius 2 is 0.846 bits per heavy atom. The molecule has 0 bridgehead atoms. The fourth-order valence-electron chi connectivity index (χ4n) is 7.02. The number of fused-ring (bicyclic) bond motifs is 4. The van der Waals surface area contributed by atoms with E-state index >= 15 is 0 Å². The molecule has 0 spiro atoms. The molecular weight excluding hydrogens is 827 g/mol. The summed E-state index contributed by atoms with van der Waals surface area (Å²) in [5, 5.41) is 2.87. The lowest BCUT2D eigenvalue weighted by Gasteiger charge is -2.26. The highest BCUT2D eigenvalue weighted by Gasteiger charge is 2.22. The van der Waals surface area contributed by atoms with Gasteiger partial charge in [0.15, 0.2) is 0 Å². The number of para-hydroxylation sites is 2. The molecule has 0 atom stereocenters. The quantitative estimate of drug-likeness (QED) is 0.0456. The lowest BCUT2D eigenvalue weighted by atomic mass is 10.0. The van der Waals surface area contributed by atoms with Crippen LogP contribution in [-0.4, -0.2) is 103 Å². The van der Waals surface area contributed by atoms with Gasteiger partial charge in [-0.15, -0.1) is 0 Å². The van der Waals surface area contributed by atoms with Gasteiger partial charge in [-0.05, 0) is 60.4 Å². The minimum Gasteiger partial charge on any atom is -0.466 e. The molecule has 13 heteroatoms. The van der Waals surface area contributed by atoms with E-state index in [-0.39, 0.29) is 62.8 Å². The van der Waals surface area contributed by atoms with E-state index < -0.39 is 0 Å². The normalized spacial score (nSPS) is 12.2. The molecule has 0 unspecified atom stereocenters. The first-order chi connectivity index (χ1) is 32.0. The van der Waals surface area contributed by atoms with E-state index in [1.54, 1.807) is 9.80 Å². The fraction of sp³-hybridized carbons (Fsp3) is 0.385. The van der Waals surface area contributed by atoms with E-state index in [1.165, 1.54) is 0 Å². The van der Waals surface area contributed by atoms with Gasteiger partial charge in [-0.2, -0.15) is 0 Å². The summed E-state index contributed by atoms with van der Waals surface area (Å²) in [5.74, 6) is 12.3. The van der Waals surface area contributed by atoms with E-state index in [2.05, 4.69) is 29.0 Å². The van der Waals surface area contributed by atoms with Crippen molar-refractivity contribution in [1.82, 2.24) is 5.32 Å². The number of carbonyl (C=O) groups excluding carboxylic acids is 4. The number of nitrogens with zero attached hydrogens (tertiary/aromatic N) is 2. The van der Waals surface area contributed by atoms with Crippen LogP contribution >= 0.6 is 0 Å². The Hall–Kier alpha value is -6.32. The van der Waals surface area contributed by atoms with Crippen LogP contribution < -0.4 is 15.1 Å². The molecule has 2 aliphatic heterocycles. The van der Waals surface area contributed by atoms with Gasteiger partial charge >= 0.3 is 5.97 Å². The highest BCUT2D eigenvalue weighted by molar-refractivity contribution is 5.96. The lowest BCUT2D eigenvalue weighted by molar-refractivity contribution is -0.145. The first kappa shape index (κ1) is 48.1. The third-order valence-corrected chi connectivity index (χ3v) is 10.4. The van der Waals surface area contributed by atoms with Crippen molar-refractivity contribution in [3.63, 3.8) is 0 Å². The lowest BCUT2D eigenvalue weighted by Crippen LogP contribution is -2.33. The Kier molecular flexibility index (Phi) is 20.1. The van der Waals surface area contributed by atoms with Crippen molar-refractivity contribution in [2.75, 3.05) is 89.0 Å². The Balaban J connectivity index is 0.691. The molecule has 13 nitrogen and oxygen atoms in total. The number of hydrogen-bond acceptors (Lipinski definition) is 10. The molecule has 2 aliphatic rings. The number of esters is 1. The molecule has 6 rings (SSSR count). The number of nitrogens with one attached hydrogen (secondary N) is 1. The van der Waals surface area contributed by atoms with E-state index in [9.17, 15) is 19.2 Å². The second kappa shape index (κ2) is 27.1. The maximum absolute atomic E-state index is 13.3. The number of benzene rings is 4. The van der Waals surface area contributed by atoms with Crippen molar-refractivity contribution < 1.29 is 47.6 Å². The third-order valence-electron chi connectivity index (χ3n) is 10.4. The van der Waals surface area contributed by atoms with Crippen LogP contribution in [0.4, 0.5) is 11.4 Å². The Bertz CT molecular complexity index is 2170. The average Bonchev–Trinajstić information content (AvgIpc) is 3.31. The van der Waals surface area contributed by atoms with E-state index in [1.807, 2.05) is 97.1 Å². The molecule has 2 heterocycles. The smallest absolute Gasteiger partial charge is 0.308 e. The summed E-state index contributed by atoms with van der Waals surface area (Å²) in [5.41, 5.74) is 7.00. The Labute approximate surface area is 381 Å². The van der Waals surface area contributed by atoms with Gasteiger partial charge in [0.05, 0.1) is 104 Å². The van der Waals surface area contributed by atoms with Gasteiger partial charge in [0.25, 0.3) is 0 Å². The molecule has 0 fully saturated rings. The van der Waals surface area contributed by atoms with Crippen molar-refractivity contribution in [2.24, 2.45) is 0 Å². The minimum absolute atomic E-state index is 0.0154. The predicted molar refractivity (Wildman–Crippen MR) is 246 cm³/mol. The van der Waals surface area contributed by atoms with Gasteiger partial charge in [0, 0.05) is 48.1 Å². The van der Waals surface area contributed by atoms with Gasteiger partial charge in [-0.1, -0.05) is 84.3 Å². The number of hydrogen-bond donors (Lipinski definition) is 1. The summed E-state index contributed by atoms with van der Waals surface area (Å²) in [7, 11) is 0. The topological polar surface area (TPSA) is 142 Å². The third kappa shape index (κ3) is 16.0. The molecule has 4 aromatic carbocycles. The number of carbonyl (C=O) groups is 4. The summed E-state index contributed by atoms with van der Waals surface area (Å²) in [4.78, 5) is 54.7. The van der Waals surface area contributed by atoms with E-state index in [4.69, 9.17) is 28.4 Å². The van der Waals surface area contributed by atoms with Crippen LogP contribution in [0.25, 0.3) is 0 Å². The molecule has 0 radical (unpaired) electrons. The largest absolute Gasteiger partial charge is 0.466 e. The zero-order chi connectivity index (χ0) is 45.3. The molecule has 4 aromatic rings. The summed E-state index contributed by atoms with van der Waals surface area (Å²) >= 11 is 0. The van der Waals surface area contributed by atoms with Gasteiger partial charge in [0.2, 0.25) is 17.7 Å². The van der Waals surface area contributed by atoms with Gasteiger partial charge in [-0.25, -0.2) is 0 Å². The average molecular weight is 884 g/mol.